The molecule has 34 heavy (non-hydrogen) atoms. The predicted octanol–water partition coefficient (Wildman–Crippen LogP) is 8.42. The van der Waals surface area contributed by atoms with Gasteiger partial charge in [0.25, 0.3) is 0 Å². The van der Waals surface area contributed by atoms with Gasteiger partial charge in [-0.05, 0) is 39.7 Å². The maximum atomic E-state index is 2.66. The average Bonchev–Trinajstić information content (AvgIpc) is 3.14. The van der Waals surface area contributed by atoms with Gasteiger partial charge in [-0.25, -0.2) is 0 Å². The topological polar surface area (TPSA) is 3.24 Å². The van der Waals surface area contributed by atoms with Gasteiger partial charge in [-0.2, -0.15) is 0 Å². The van der Waals surface area contributed by atoms with E-state index in [-0.39, 0.29) is 10.8 Å². The number of rotatable bonds is 6. The molecule has 0 aliphatic carbocycles. The van der Waals surface area contributed by atoms with Gasteiger partial charge in [-0.3, -0.25) is 4.90 Å². The quantitative estimate of drug-likeness (QED) is 0.342. The Morgan fingerprint density at radius 2 is 1.03 bits per heavy atom. The molecular formula is C31H39NS2. The van der Waals surface area contributed by atoms with Gasteiger partial charge in [-0.1, -0.05) is 108 Å². The fourth-order valence-electron chi connectivity index (χ4n) is 4.72. The lowest BCUT2D eigenvalue weighted by molar-refractivity contribution is 0.333. The Morgan fingerprint density at radius 3 is 1.47 bits per heavy atom. The normalized spacial score (nSPS) is 19.5. The zero-order valence-electron chi connectivity index (χ0n) is 21.5. The summed E-state index contributed by atoms with van der Waals surface area (Å²) in [5.41, 5.74) is 4.61. The second kappa shape index (κ2) is 10.5. The van der Waals surface area contributed by atoms with Crippen LogP contribution in [0.3, 0.4) is 0 Å². The minimum Gasteiger partial charge on any atom is -0.297 e. The van der Waals surface area contributed by atoms with Gasteiger partial charge in [0.2, 0.25) is 0 Å². The van der Waals surface area contributed by atoms with Crippen molar-refractivity contribution in [3.05, 3.63) is 95.6 Å². The van der Waals surface area contributed by atoms with Crippen molar-refractivity contribution in [2.24, 2.45) is 0 Å². The Bertz CT molecular complexity index is 1010. The van der Waals surface area contributed by atoms with Crippen LogP contribution in [0.1, 0.15) is 58.2 Å². The first-order valence-electron chi connectivity index (χ1n) is 12.4. The van der Waals surface area contributed by atoms with E-state index in [1.807, 2.05) is 0 Å². The Kier molecular flexibility index (Phi) is 7.86. The van der Waals surface area contributed by atoms with Crippen LogP contribution in [0.15, 0.2) is 88.7 Å². The summed E-state index contributed by atoms with van der Waals surface area (Å²) in [5, 5.41) is 1.09. The first kappa shape index (κ1) is 25.4. The van der Waals surface area contributed by atoms with E-state index in [1.165, 1.54) is 26.5 Å². The molecule has 0 spiro atoms. The third kappa shape index (κ3) is 6.30. The number of nitrogens with zero attached hydrogens (tertiary/aromatic N) is 1. The zero-order chi connectivity index (χ0) is 24.3. The minimum absolute atomic E-state index is 0.146. The molecule has 0 N–H and O–H groups in total. The summed E-state index contributed by atoms with van der Waals surface area (Å²) in [4.78, 5) is 5.54. The second-order valence-corrected chi connectivity index (χ2v) is 14.0. The van der Waals surface area contributed by atoms with Gasteiger partial charge >= 0.3 is 0 Å². The van der Waals surface area contributed by atoms with Gasteiger partial charge in [0.05, 0.1) is 0 Å². The van der Waals surface area contributed by atoms with Gasteiger partial charge in [0.1, 0.15) is 0 Å². The third-order valence-corrected chi connectivity index (χ3v) is 9.44. The molecule has 0 aromatic heterocycles. The summed E-state index contributed by atoms with van der Waals surface area (Å²) in [6.07, 6.45) is 0. The van der Waals surface area contributed by atoms with Gasteiger partial charge < -0.3 is 0 Å². The molecule has 4 rings (SSSR count). The van der Waals surface area contributed by atoms with E-state index in [2.05, 4.69) is 149 Å². The molecule has 1 aliphatic rings. The highest BCUT2D eigenvalue weighted by Gasteiger charge is 2.36. The Morgan fingerprint density at radius 1 is 0.618 bits per heavy atom. The van der Waals surface area contributed by atoms with E-state index in [0.717, 1.165) is 19.6 Å². The summed E-state index contributed by atoms with van der Waals surface area (Å²) < 4.78 is 0. The van der Waals surface area contributed by atoms with Crippen LogP contribution < -0.4 is 0 Å². The van der Waals surface area contributed by atoms with Crippen LogP contribution in [0.4, 0.5) is 0 Å². The summed E-state index contributed by atoms with van der Waals surface area (Å²) in [5.74, 6) is 0. The fraction of sp³-hybridized carbons (Fsp3) is 0.419. The number of benzene rings is 3. The van der Waals surface area contributed by atoms with Gasteiger partial charge in [0.15, 0.2) is 0 Å². The Balaban J connectivity index is 1.61. The number of hydrogen-bond acceptors (Lipinski definition) is 3. The zero-order valence-corrected chi connectivity index (χ0v) is 23.2. The van der Waals surface area contributed by atoms with E-state index < -0.39 is 0 Å². The lowest BCUT2D eigenvalue weighted by atomic mass is 9.87. The second-order valence-electron chi connectivity index (χ2n) is 11.5. The fourth-order valence-corrected chi connectivity index (χ4v) is 8.07. The summed E-state index contributed by atoms with van der Waals surface area (Å²) in [6, 6.07) is 29.0. The largest absolute Gasteiger partial charge is 0.297 e. The maximum Gasteiger partial charge on any atom is 0.0357 e. The van der Waals surface area contributed by atoms with Crippen molar-refractivity contribution in [3.8, 4) is 0 Å². The predicted molar refractivity (Wildman–Crippen MR) is 151 cm³/mol. The molecule has 0 saturated carbocycles. The maximum absolute atomic E-state index is 2.66. The van der Waals surface area contributed by atoms with Crippen molar-refractivity contribution < 1.29 is 0 Å². The first-order valence-corrected chi connectivity index (χ1v) is 14.2. The SMILES string of the molecule is CC(C)(C)c1ccccc1S[C@@H]1CN(Cc2ccccc2)C[C@H]1Sc1ccccc1C(C)(C)C. The van der Waals surface area contributed by atoms with Crippen molar-refractivity contribution in [1.82, 2.24) is 4.90 Å². The Hall–Kier alpha value is -1.68. The van der Waals surface area contributed by atoms with Crippen molar-refractivity contribution in [3.63, 3.8) is 0 Å². The third-order valence-electron chi connectivity index (χ3n) is 6.49. The molecule has 0 amide bonds. The Labute approximate surface area is 215 Å². The number of likely N-dealkylation sites (tertiary alicyclic amines) is 1. The van der Waals surface area contributed by atoms with Crippen LogP contribution in [-0.2, 0) is 17.4 Å². The molecule has 1 aliphatic heterocycles. The van der Waals surface area contributed by atoms with E-state index in [0.29, 0.717) is 10.5 Å². The summed E-state index contributed by atoms with van der Waals surface area (Å²) in [6.45, 7) is 17.2. The molecule has 0 bridgehead atoms. The molecule has 0 radical (unpaired) electrons. The highest BCUT2D eigenvalue weighted by Crippen LogP contribution is 2.44. The molecule has 0 unspecified atom stereocenters. The molecule has 3 aromatic carbocycles. The summed E-state index contributed by atoms with van der Waals surface area (Å²) in [7, 11) is 0. The standard InChI is InChI=1S/C31H39NS2/c1-30(2,3)24-16-10-12-18-26(24)33-28-21-32(20-23-14-8-7-9-15-23)22-29(28)34-27-19-13-11-17-25(27)31(4,5)6/h7-19,28-29H,20-22H2,1-6H3/t28-,29-/m1/s1. The van der Waals surface area contributed by atoms with Crippen LogP contribution in [-0.4, -0.2) is 28.5 Å². The lowest BCUT2D eigenvalue weighted by Crippen LogP contribution is -2.21. The molecule has 1 saturated heterocycles. The van der Waals surface area contributed by atoms with Crippen LogP contribution in [0.2, 0.25) is 0 Å². The molecule has 2 atom stereocenters. The van der Waals surface area contributed by atoms with Crippen LogP contribution >= 0.6 is 23.5 Å². The van der Waals surface area contributed by atoms with Crippen LogP contribution in [0, 0.1) is 0 Å². The van der Waals surface area contributed by atoms with Crippen molar-refractivity contribution in [2.75, 3.05) is 13.1 Å². The van der Waals surface area contributed by atoms with E-state index in [4.69, 9.17) is 0 Å². The van der Waals surface area contributed by atoms with Gasteiger partial charge in [-0.15, -0.1) is 23.5 Å². The van der Waals surface area contributed by atoms with E-state index in [1.54, 1.807) is 0 Å². The van der Waals surface area contributed by atoms with E-state index in [9.17, 15) is 0 Å². The number of thioether (sulfide) groups is 2. The lowest BCUT2D eigenvalue weighted by Gasteiger charge is -2.27. The molecule has 3 heteroatoms. The number of hydrogen-bond donors (Lipinski definition) is 0. The first-order chi connectivity index (χ1) is 16.1. The molecule has 1 heterocycles. The van der Waals surface area contributed by atoms with Crippen molar-refractivity contribution >= 4 is 23.5 Å². The van der Waals surface area contributed by atoms with E-state index >= 15 is 0 Å². The molecule has 3 aromatic rings. The highest BCUT2D eigenvalue weighted by atomic mass is 32.2. The molecule has 1 nitrogen and oxygen atoms in total. The summed E-state index contributed by atoms with van der Waals surface area (Å²) >= 11 is 4.19. The van der Waals surface area contributed by atoms with Crippen LogP contribution in [0.25, 0.3) is 0 Å². The monoisotopic (exact) mass is 489 g/mol. The minimum atomic E-state index is 0.146. The van der Waals surface area contributed by atoms with Crippen LogP contribution in [0.5, 0.6) is 0 Å². The molecule has 180 valence electrons. The highest BCUT2D eigenvalue weighted by molar-refractivity contribution is 8.04. The average molecular weight is 490 g/mol. The van der Waals surface area contributed by atoms with Gasteiger partial charge in [0, 0.05) is 39.9 Å². The molecular weight excluding hydrogens is 450 g/mol. The molecule has 1 fully saturated rings. The van der Waals surface area contributed by atoms with Crippen molar-refractivity contribution in [1.29, 1.82) is 0 Å². The van der Waals surface area contributed by atoms with Crippen molar-refractivity contribution in [2.45, 2.75) is 79.2 Å². The smallest absolute Gasteiger partial charge is 0.0357 e.